The number of aromatic nitrogens is 1. The predicted molar refractivity (Wildman–Crippen MR) is 109 cm³/mol. The third-order valence-corrected chi connectivity index (χ3v) is 5.61. The van der Waals surface area contributed by atoms with E-state index >= 15 is 0 Å². The summed E-state index contributed by atoms with van der Waals surface area (Å²) in [7, 11) is 0. The molecule has 1 aromatic heterocycles. The van der Waals surface area contributed by atoms with Gasteiger partial charge in [-0.2, -0.15) is 0 Å². The van der Waals surface area contributed by atoms with Crippen molar-refractivity contribution >= 4 is 34.5 Å². The molecule has 0 aliphatic carbocycles. The number of benzene rings is 1. The number of amides is 2. The van der Waals surface area contributed by atoms with Crippen molar-refractivity contribution in [1.29, 1.82) is 0 Å². The van der Waals surface area contributed by atoms with Crippen LogP contribution < -0.4 is 11.1 Å². The lowest BCUT2D eigenvalue weighted by Gasteiger charge is -2.19. The van der Waals surface area contributed by atoms with Crippen LogP contribution in [0.5, 0.6) is 0 Å². The van der Waals surface area contributed by atoms with E-state index in [-0.39, 0.29) is 18.2 Å². The molecule has 1 aromatic carbocycles. The molecule has 1 aliphatic rings. The molecule has 1 saturated heterocycles. The fourth-order valence-corrected chi connectivity index (χ4v) is 4.05. The highest BCUT2D eigenvalue weighted by Gasteiger charge is 2.23. The fourth-order valence-electron chi connectivity index (χ4n) is 3.10. The summed E-state index contributed by atoms with van der Waals surface area (Å²) in [5.41, 5.74) is 7.66. The molecule has 1 fully saturated rings. The summed E-state index contributed by atoms with van der Waals surface area (Å²) in [6.45, 7) is 1.39. The van der Waals surface area contributed by atoms with Gasteiger partial charge in [0.1, 0.15) is 0 Å². The molecular weight excluding hydrogens is 360 g/mol. The summed E-state index contributed by atoms with van der Waals surface area (Å²) in [5.74, 6) is 1.76. The number of nitrogens with zero attached hydrogens (tertiary/aromatic N) is 2. The van der Waals surface area contributed by atoms with Crippen molar-refractivity contribution < 1.29 is 9.59 Å². The van der Waals surface area contributed by atoms with Crippen molar-refractivity contribution in [3.05, 3.63) is 42.1 Å². The van der Waals surface area contributed by atoms with Crippen molar-refractivity contribution in [3.8, 4) is 0 Å². The Bertz CT molecular complexity index is 792. The minimum absolute atomic E-state index is 0.0350. The van der Waals surface area contributed by atoms with Crippen LogP contribution in [0.3, 0.4) is 0 Å². The number of carbonyl (C=O) groups excluding carboxylic acids is 2. The first kappa shape index (κ1) is 19.6. The quantitative estimate of drug-likeness (QED) is 0.677. The van der Waals surface area contributed by atoms with E-state index in [1.54, 1.807) is 11.8 Å². The number of thioether (sulfide) groups is 1. The van der Waals surface area contributed by atoms with Gasteiger partial charge in [0.05, 0.1) is 29.6 Å². The smallest absolute Gasteiger partial charge is 0.240 e. The van der Waals surface area contributed by atoms with Gasteiger partial charge >= 0.3 is 0 Å². The second kappa shape index (κ2) is 9.71. The highest BCUT2D eigenvalue weighted by atomic mass is 32.2. The van der Waals surface area contributed by atoms with E-state index in [9.17, 15) is 9.59 Å². The normalized spacial score (nSPS) is 15.1. The molecule has 27 heavy (non-hydrogen) atoms. The Hall–Kier alpha value is -2.12. The van der Waals surface area contributed by atoms with Crippen LogP contribution >= 0.6 is 11.8 Å². The largest absolute Gasteiger partial charge is 0.356 e. The first-order valence-electron chi connectivity index (χ1n) is 9.37. The molecule has 1 atom stereocenters. The molecule has 3 N–H and O–H groups in total. The number of para-hydroxylation sites is 1. The summed E-state index contributed by atoms with van der Waals surface area (Å²) >= 11 is 1.76. The number of fused-ring (bicyclic) bond motifs is 1. The molecule has 2 amide bonds. The summed E-state index contributed by atoms with van der Waals surface area (Å²) < 4.78 is 0. The van der Waals surface area contributed by atoms with Crippen LogP contribution in [0, 0.1) is 0 Å². The third-order valence-electron chi connectivity index (χ3n) is 4.64. The van der Waals surface area contributed by atoms with Crippen LogP contribution in [-0.4, -0.2) is 52.5 Å². The van der Waals surface area contributed by atoms with E-state index in [1.807, 2.05) is 41.3 Å². The van der Waals surface area contributed by atoms with Gasteiger partial charge in [0.15, 0.2) is 0 Å². The predicted octanol–water partition coefficient (Wildman–Crippen LogP) is 1.92. The van der Waals surface area contributed by atoms with Gasteiger partial charge in [-0.05, 0) is 31.4 Å². The van der Waals surface area contributed by atoms with Crippen LogP contribution in [0.25, 0.3) is 10.9 Å². The molecule has 0 saturated carbocycles. The highest BCUT2D eigenvalue weighted by Crippen LogP contribution is 2.15. The molecule has 7 heteroatoms. The minimum Gasteiger partial charge on any atom is -0.356 e. The first-order valence-corrected chi connectivity index (χ1v) is 10.5. The number of hydrogen-bond acceptors (Lipinski definition) is 5. The topological polar surface area (TPSA) is 88.3 Å². The van der Waals surface area contributed by atoms with Crippen molar-refractivity contribution in [2.75, 3.05) is 24.7 Å². The van der Waals surface area contributed by atoms with Crippen LogP contribution in [-0.2, 0) is 16.0 Å². The van der Waals surface area contributed by atoms with Crippen LogP contribution in [0.15, 0.2) is 36.4 Å². The van der Waals surface area contributed by atoms with Crippen LogP contribution in [0.2, 0.25) is 0 Å². The molecule has 0 radical (unpaired) electrons. The molecule has 1 unspecified atom stereocenters. The maximum atomic E-state index is 12.1. The van der Waals surface area contributed by atoms with Crippen molar-refractivity contribution in [2.45, 2.75) is 31.7 Å². The Morgan fingerprint density at radius 3 is 2.89 bits per heavy atom. The number of hydrogen-bond donors (Lipinski definition) is 2. The van der Waals surface area contributed by atoms with Gasteiger partial charge in [0.2, 0.25) is 11.8 Å². The van der Waals surface area contributed by atoms with E-state index in [4.69, 9.17) is 5.73 Å². The second-order valence-corrected chi connectivity index (χ2v) is 7.84. The molecule has 0 spiro atoms. The zero-order valence-electron chi connectivity index (χ0n) is 15.4. The van der Waals surface area contributed by atoms with E-state index in [2.05, 4.69) is 10.3 Å². The average Bonchev–Trinajstić information content (AvgIpc) is 3.21. The van der Waals surface area contributed by atoms with Gasteiger partial charge in [-0.15, -0.1) is 11.8 Å². The SMILES string of the molecule is NC(CCCCNC(=O)Cc1ccc2ccccc2n1)C(=O)N1CCSC1. The molecule has 6 nitrogen and oxygen atoms in total. The Morgan fingerprint density at radius 2 is 2.07 bits per heavy atom. The lowest BCUT2D eigenvalue weighted by atomic mass is 10.1. The van der Waals surface area contributed by atoms with Crippen molar-refractivity contribution in [1.82, 2.24) is 15.2 Å². The maximum absolute atomic E-state index is 12.1. The number of nitrogens with one attached hydrogen (secondary N) is 1. The highest BCUT2D eigenvalue weighted by molar-refractivity contribution is 7.99. The van der Waals surface area contributed by atoms with Crippen molar-refractivity contribution in [3.63, 3.8) is 0 Å². The zero-order chi connectivity index (χ0) is 19.1. The van der Waals surface area contributed by atoms with Gasteiger partial charge in [-0.3, -0.25) is 14.6 Å². The van der Waals surface area contributed by atoms with Crippen molar-refractivity contribution in [2.24, 2.45) is 5.73 Å². The maximum Gasteiger partial charge on any atom is 0.240 e. The Labute approximate surface area is 163 Å². The van der Waals surface area contributed by atoms with E-state index in [0.717, 1.165) is 47.6 Å². The second-order valence-electron chi connectivity index (χ2n) is 6.76. The molecule has 144 valence electrons. The Morgan fingerprint density at radius 1 is 1.22 bits per heavy atom. The number of nitrogens with two attached hydrogens (primary N) is 1. The molecule has 2 heterocycles. The third kappa shape index (κ3) is 5.68. The molecule has 2 aromatic rings. The van der Waals surface area contributed by atoms with E-state index < -0.39 is 6.04 Å². The van der Waals surface area contributed by atoms with Gasteiger partial charge in [0.25, 0.3) is 0 Å². The molecule has 3 rings (SSSR count). The number of carbonyl (C=O) groups is 2. The van der Waals surface area contributed by atoms with Crippen LogP contribution in [0.1, 0.15) is 25.0 Å². The first-order chi connectivity index (χ1) is 13.1. The lowest BCUT2D eigenvalue weighted by molar-refractivity contribution is -0.131. The average molecular weight is 387 g/mol. The Balaban J connectivity index is 1.33. The van der Waals surface area contributed by atoms with Gasteiger partial charge in [-0.1, -0.05) is 24.3 Å². The Kier molecular flexibility index (Phi) is 7.06. The summed E-state index contributed by atoms with van der Waals surface area (Å²) in [6.07, 6.45) is 2.56. The number of unbranched alkanes of at least 4 members (excludes halogenated alkanes) is 1. The number of rotatable bonds is 8. The summed E-state index contributed by atoms with van der Waals surface area (Å²) in [4.78, 5) is 30.6. The molecule has 1 aliphatic heterocycles. The standard InChI is InChI=1S/C20H26N4O2S/c21-17(20(26)24-11-12-27-14-24)6-3-4-10-22-19(25)13-16-9-8-15-5-1-2-7-18(15)23-16/h1-2,5,7-9,17H,3-4,6,10-14,21H2,(H,22,25). The lowest BCUT2D eigenvalue weighted by Crippen LogP contribution is -2.42. The van der Waals surface area contributed by atoms with E-state index in [0.29, 0.717) is 13.0 Å². The minimum atomic E-state index is -0.429. The van der Waals surface area contributed by atoms with Gasteiger partial charge in [0, 0.05) is 24.2 Å². The number of pyridine rings is 1. The van der Waals surface area contributed by atoms with Gasteiger partial charge in [-0.25, -0.2) is 0 Å². The van der Waals surface area contributed by atoms with Gasteiger partial charge < -0.3 is 16.0 Å². The molecular formula is C20H26N4O2S. The summed E-state index contributed by atoms with van der Waals surface area (Å²) in [6, 6.07) is 11.3. The monoisotopic (exact) mass is 386 g/mol. The molecule has 0 bridgehead atoms. The summed E-state index contributed by atoms with van der Waals surface area (Å²) in [5, 5.41) is 3.99. The van der Waals surface area contributed by atoms with E-state index in [1.165, 1.54) is 0 Å². The van der Waals surface area contributed by atoms with Crippen LogP contribution in [0.4, 0.5) is 0 Å². The fraction of sp³-hybridized carbons (Fsp3) is 0.450. The zero-order valence-corrected chi connectivity index (χ0v) is 16.2.